The predicted molar refractivity (Wildman–Crippen MR) is 73.4 cm³/mol. The fourth-order valence-corrected chi connectivity index (χ4v) is 2.37. The normalized spacial score (nSPS) is 18.1. The Kier molecular flexibility index (Phi) is 4.18. The Morgan fingerprint density at radius 2 is 2.37 bits per heavy atom. The lowest BCUT2D eigenvalue weighted by Crippen LogP contribution is -2.26. The SMILES string of the molecule is CC(=O)c1ccc(C#N)c(N(C)CC2CCOC2)c1. The molecule has 19 heavy (non-hydrogen) atoms. The number of benzene rings is 1. The van der Waals surface area contributed by atoms with Crippen molar-refractivity contribution in [3.05, 3.63) is 29.3 Å². The first-order valence-corrected chi connectivity index (χ1v) is 6.45. The number of hydrogen-bond acceptors (Lipinski definition) is 4. The number of anilines is 1. The van der Waals surface area contributed by atoms with Gasteiger partial charge in [-0.05, 0) is 31.5 Å². The first-order chi connectivity index (χ1) is 9.11. The van der Waals surface area contributed by atoms with Gasteiger partial charge >= 0.3 is 0 Å². The molecular weight excluding hydrogens is 240 g/mol. The van der Waals surface area contributed by atoms with E-state index in [0.717, 1.165) is 31.9 Å². The molecule has 1 aromatic carbocycles. The first kappa shape index (κ1) is 13.6. The molecule has 1 fully saturated rings. The van der Waals surface area contributed by atoms with E-state index in [-0.39, 0.29) is 5.78 Å². The van der Waals surface area contributed by atoms with Crippen LogP contribution in [0.25, 0.3) is 0 Å². The summed E-state index contributed by atoms with van der Waals surface area (Å²) in [5.41, 5.74) is 2.07. The van der Waals surface area contributed by atoms with Gasteiger partial charge in [0.05, 0.1) is 17.9 Å². The van der Waals surface area contributed by atoms with Gasteiger partial charge in [0.15, 0.2) is 5.78 Å². The minimum absolute atomic E-state index is 0.0170. The van der Waals surface area contributed by atoms with Crippen molar-refractivity contribution in [2.45, 2.75) is 13.3 Å². The fourth-order valence-electron chi connectivity index (χ4n) is 2.37. The molecule has 4 nitrogen and oxygen atoms in total. The zero-order valence-electron chi connectivity index (χ0n) is 11.3. The molecule has 0 aliphatic carbocycles. The standard InChI is InChI=1S/C15H18N2O2/c1-11(18)13-3-4-14(8-16)15(7-13)17(2)9-12-5-6-19-10-12/h3-4,7,12H,5-6,9-10H2,1-2H3. The summed E-state index contributed by atoms with van der Waals surface area (Å²) in [6, 6.07) is 7.41. The molecule has 0 saturated carbocycles. The molecule has 1 aromatic rings. The Balaban J connectivity index is 2.22. The molecule has 0 radical (unpaired) electrons. The van der Waals surface area contributed by atoms with E-state index in [9.17, 15) is 10.1 Å². The molecule has 1 aliphatic rings. The zero-order valence-corrected chi connectivity index (χ0v) is 11.3. The maximum absolute atomic E-state index is 11.4. The molecule has 1 atom stereocenters. The summed E-state index contributed by atoms with van der Waals surface area (Å²) in [5.74, 6) is 0.515. The van der Waals surface area contributed by atoms with E-state index >= 15 is 0 Å². The maximum Gasteiger partial charge on any atom is 0.159 e. The summed E-state index contributed by atoms with van der Waals surface area (Å²) in [7, 11) is 1.96. The molecule has 0 N–H and O–H groups in total. The number of Topliss-reactive ketones (excluding diaryl/α,β-unsaturated/α-hetero) is 1. The lowest BCUT2D eigenvalue weighted by molar-refractivity contribution is 0.101. The van der Waals surface area contributed by atoms with Gasteiger partial charge in [-0.3, -0.25) is 4.79 Å². The first-order valence-electron chi connectivity index (χ1n) is 6.45. The topological polar surface area (TPSA) is 53.3 Å². The van der Waals surface area contributed by atoms with Crippen LogP contribution in [0.15, 0.2) is 18.2 Å². The van der Waals surface area contributed by atoms with Crippen molar-refractivity contribution in [1.82, 2.24) is 0 Å². The summed E-state index contributed by atoms with van der Waals surface area (Å²) in [4.78, 5) is 13.5. The smallest absolute Gasteiger partial charge is 0.159 e. The van der Waals surface area contributed by atoms with Crippen LogP contribution in [0.5, 0.6) is 0 Å². The van der Waals surface area contributed by atoms with Crippen molar-refractivity contribution < 1.29 is 9.53 Å². The number of rotatable bonds is 4. The third-order valence-electron chi connectivity index (χ3n) is 3.49. The number of nitrogens with zero attached hydrogens (tertiary/aromatic N) is 2. The Labute approximate surface area is 113 Å². The Hall–Kier alpha value is -1.86. The van der Waals surface area contributed by atoms with Gasteiger partial charge in [-0.1, -0.05) is 0 Å². The lowest BCUT2D eigenvalue weighted by Gasteiger charge is -2.23. The molecule has 4 heteroatoms. The summed E-state index contributed by atoms with van der Waals surface area (Å²) < 4.78 is 5.37. The van der Waals surface area contributed by atoms with Gasteiger partial charge in [-0.15, -0.1) is 0 Å². The Morgan fingerprint density at radius 3 is 2.95 bits per heavy atom. The average Bonchev–Trinajstić information content (AvgIpc) is 2.90. The molecule has 1 aliphatic heterocycles. The number of nitriles is 1. The van der Waals surface area contributed by atoms with Crippen LogP contribution in [0.3, 0.4) is 0 Å². The highest BCUT2D eigenvalue weighted by Gasteiger charge is 2.19. The summed E-state index contributed by atoms with van der Waals surface area (Å²) in [6.45, 7) is 3.97. The quantitative estimate of drug-likeness (QED) is 0.777. The van der Waals surface area contributed by atoms with Crippen molar-refractivity contribution >= 4 is 11.5 Å². The van der Waals surface area contributed by atoms with Crippen LogP contribution in [-0.2, 0) is 4.74 Å². The lowest BCUT2D eigenvalue weighted by atomic mass is 10.0. The van der Waals surface area contributed by atoms with E-state index in [2.05, 4.69) is 6.07 Å². The molecule has 1 saturated heterocycles. The highest BCUT2D eigenvalue weighted by atomic mass is 16.5. The van der Waals surface area contributed by atoms with Crippen molar-refractivity contribution in [1.29, 1.82) is 5.26 Å². The van der Waals surface area contributed by atoms with E-state index in [1.54, 1.807) is 18.2 Å². The second-order valence-corrected chi connectivity index (χ2v) is 5.01. The summed E-state index contributed by atoms with van der Waals surface area (Å²) in [5, 5.41) is 9.17. The van der Waals surface area contributed by atoms with E-state index in [0.29, 0.717) is 17.0 Å². The summed E-state index contributed by atoms with van der Waals surface area (Å²) in [6.07, 6.45) is 1.05. The van der Waals surface area contributed by atoms with Gasteiger partial charge in [-0.2, -0.15) is 5.26 Å². The molecule has 1 heterocycles. The highest BCUT2D eigenvalue weighted by Crippen LogP contribution is 2.24. The van der Waals surface area contributed by atoms with Crippen molar-refractivity contribution in [3.63, 3.8) is 0 Å². The maximum atomic E-state index is 11.4. The third-order valence-corrected chi connectivity index (χ3v) is 3.49. The predicted octanol–water partition coefficient (Wildman–Crippen LogP) is 2.23. The number of ether oxygens (including phenoxy) is 1. The van der Waals surface area contributed by atoms with Crippen molar-refractivity contribution in [2.24, 2.45) is 5.92 Å². The summed E-state index contributed by atoms with van der Waals surface area (Å²) >= 11 is 0. The Morgan fingerprint density at radius 1 is 1.58 bits per heavy atom. The monoisotopic (exact) mass is 258 g/mol. The van der Waals surface area contributed by atoms with Gasteiger partial charge < -0.3 is 9.64 Å². The van der Waals surface area contributed by atoms with Gasteiger partial charge in [-0.25, -0.2) is 0 Å². The van der Waals surface area contributed by atoms with Crippen LogP contribution >= 0.6 is 0 Å². The number of carbonyl (C=O) groups excluding carboxylic acids is 1. The zero-order chi connectivity index (χ0) is 13.8. The van der Waals surface area contributed by atoms with Gasteiger partial charge in [0.2, 0.25) is 0 Å². The van der Waals surface area contributed by atoms with E-state index in [4.69, 9.17) is 4.74 Å². The van der Waals surface area contributed by atoms with Gasteiger partial charge in [0.1, 0.15) is 6.07 Å². The van der Waals surface area contributed by atoms with Crippen LogP contribution in [0, 0.1) is 17.2 Å². The molecule has 0 aromatic heterocycles. The molecular formula is C15H18N2O2. The van der Waals surface area contributed by atoms with Gasteiger partial charge in [0, 0.05) is 31.7 Å². The van der Waals surface area contributed by atoms with Crippen LogP contribution in [0.1, 0.15) is 29.3 Å². The minimum Gasteiger partial charge on any atom is -0.381 e. The van der Waals surface area contributed by atoms with E-state index < -0.39 is 0 Å². The van der Waals surface area contributed by atoms with Crippen LogP contribution < -0.4 is 4.90 Å². The molecule has 0 amide bonds. The molecule has 0 bridgehead atoms. The Bertz CT molecular complexity index is 513. The van der Waals surface area contributed by atoms with E-state index in [1.807, 2.05) is 11.9 Å². The third kappa shape index (κ3) is 3.12. The molecule has 2 rings (SSSR count). The van der Waals surface area contributed by atoms with E-state index in [1.165, 1.54) is 6.92 Å². The van der Waals surface area contributed by atoms with Crippen LogP contribution in [0.2, 0.25) is 0 Å². The minimum atomic E-state index is 0.0170. The number of hydrogen-bond donors (Lipinski definition) is 0. The van der Waals surface area contributed by atoms with Crippen molar-refractivity contribution in [3.8, 4) is 6.07 Å². The highest BCUT2D eigenvalue weighted by molar-refractivity contribution is 5.95. The van der Waals surface area contributed by atoms with Crippen LogP contribution in [-0.4, -0.2) is 32.6 Å². The average molecular weight is 258 g/mol. The van der Waals surface area contributed by atoms with Crippen LogP contribution in [0.4, 0.5) is 5.69 Å². The number of carbonyl (C=O) groups is 1. The van der Waals surface area contributed by atoms with Gasteiger partial charge in [0.25, 0.3) is 0 Å². The number of ketones is 1. The molecule has 100 valence electrons. The molecule has 0 spiro atoms. The van der Waals surface area contributed by atoms with Crippen molar-refractivity contribution in [2.75, 3.05) is 31.7 Å². The second kappa shape index (κ2) is 5.85. The molecule has 1 unspecified atom stereocenters. The largest absolute Gasteiger partial charge is 0.381 e. The fraction of sp³-hybridized carbons (Fsp3) is 0.467. The second-order valence-electron chi connectivity index (χ2n) is 5.01.